The number of rotatable bonds is 9. The molecule has 1 saturated heterocycles. The van der Waals surface area contributed by atoms with Gasteiger partial charge in [0.15, 0.2) is 11.5 Å². The quantitative estimate of drug-likeness (QED) is 0.314. The first kappa shape index (κ1) is 25.6. The standard InChI is InChI=1S/C30H32ClFN2O3/c1-36-28-13-11-23(17-29(28)37-2)30(35)34(19-25-7-4-14-33(25)18-20-8-9-20)24-6-3-5-21(15-24)22-10-12-27(32)26(31)16-22/h3,5-6,10-13,15-17,20,25H,4,7-9,14,18-19H2,1-2H3. The minimum atomic E-state index is -0.455. The van der Waals surface area contributed by atoms with Gasteiger partial charge in [0.2, 0.25) is 0 Å². The van der Waals surface area contributed by atoms with Gasteiger partial charge in [0, 0.05) is 30.4 Å². The van der Waals surface area contributed by atoms with Crippen LogP contribution in [0.1, 0.15) is 36.0 Å². The van der Waals surface area contributed by atoms with E-state index in [0.29, 0.717) is 29.6 Å². The van der Waals surface area contributed by atoms with Crippen LogP contribution in [0.5, 0.6) is 11.5 Å². The topological polar surface area (TPSA) is 42.0 Å². The summed E-state index contributed by atoms with van der Waals surface area (Å²) in [4.78, 5) is 18.4. The highest BCUT2D eigenvalue weighted by Crippen LogP contribution is 2.35. The predicted octanol–water partition coefficient (Wildman–Crippen LogP) is 6.68. The number of benzene rings is 3. The lowest BCUT2D eigenvalue weighted by Gasteiger charge is -2.31. The molecule has 0 aromatic heterocycles. The van der Waals surface area contributed by atoms with Gasteiger partial charge in [-0.05, 0) is 91.7 Å². The van der Waals surface area contributed by atoms with Gasteiger partial charge in [-0.25, -0.2) is 4.39 Å². The molecule has 0 bridgehead atoms. The molecule has 0 radical (unpaired) electrons. The maximum absolute atomic E-state index is 14.0. The zero-order chi connectivity index (χ0) is 25.9. The highest BCUT2D eigenvalue weighted by Gasteiger charge is 2.33. The summed E-state index contributed by atoms with van der Waals surface area (Å²) in [6.07, 6.45) is 4.82. The van der Waals surface area contributed by atoms with Crippen LogP contribution in [0, 0.1) is 11.7 Å². The van der Waals surface area contributed by atoms with E-state index in [2.05, 4.69) is 4.90 Å². The molecule has 3 aromatic rings. The molecule has 5 rings (SSSR count). The van der Waals surface area contributed by atoms with Crippen molar-refractivity contribution in [2.45, 2.75) is 31.7 Å². The second-order valence-corrected chi connectivity index (χ2v) is 10.3. The van der Waals surface area contributed by atoms with Crippen LogP contribution in [0.15, 0.2) is 60.7 Å². The number of likely N-dealkylation sites (tertiary alicyclic amines) is 1. The van der Waals surface area contributed by atoms with E-state index in [4.69, 9.17) is 21.1 Å². The highest BCUT2D eigenvalue weighted by atomic mass is 35.5. The Labute approximate surface area is 222 Å². The van der Waals surface area contributed by atoms with Crippen LogP contribution in [0.25, 0.3) is 11.1 Å². The zero-order valence-corrected chi connectivity index (χ0v) is 22.0. The molecule has 1 atom stereocenters. The van der Waals surface area contributed by atoms with Crippen LogP contribution >= 0.6 is 11.6 Å². The van der Waals surface area contributed by atoms with E-state index in [1.807, 2.05) is 29.2 Å². The molecule has 1 heterocycles. The van der Waals surface area contributed by atoms with Crippen molar-refractivity contribution in [2.24, 2.45) is 5.92 Å². The lowest BCUT2D eigenvalue weighted by molar-refractivity contribution is 0.0977. The molecule has 2 fully saturated rings. The van der Waals surface area contributed by atoms with E-state index in [9.17, 15) is 9.18 Å². The molecule has 7 heteroatoms. The Balaban J connectivity index is 1.50. The molecule has 1 aliphatic carbocycles. The summed E-state index contributed by atoms with van der Waals surface area (Å²) in [6, 6.07) is 18.0. The first-order valence-corrected chi connectivity index (χ1v) is 13.2. The van der Waals surface area contributed by atoms with Gasteiger partial charge in [-0.15, -0.1) is 0 Å². The van der Waals surface area contributed by atoms with Crippen LogP contribution in [0.3, 0.4) is 0 Å². The van der Waals surface area contributed by atoms with E-state index in [1.165, 1.54) is 18.9 Å². The smallest absolute Gasteiger partial charge is 0.258 e. The summed E-state index contributed by atoms with van der Waals surface area (Å²) < 4.78 is 24.6. The summed E-state index contributed by atoms with van der Waals surface area (Å²) >= 11 is 6.06. The maximum atomic E-state index is 14.0. The third-order valence-electron chi connectivity index (χ3n) is 7.37. The van der Waals surface area contributed by atoms with Crippen molar-refractivity contribution in [3.05, 3.63) is 77.1 Å². The SMILES string of the molecule is COc1ccc(C(=O)N(CC2CCCN2CC2CC2)c2cccc(-c3ccc(F)c(Cl)c3)c2)cc1OC. The fourth-order valence-corrected chi connectivity index (χ4v) is 5.33. The number of hydrogen-bond donors (Lipinski definition) is 0. The van der Waals surface area contributed by atoms with Gasteiger partial charge in [-0.1, -0.05) is 29.8 Å². The molecule has 1 amide bonds. The first-order chi connectivity index (χ1) is 18.0. The van der Waals surface area contributed by atoms with Crippen LogP contribution in [-0.2, 0) is 0 Å². The summed E-state index contributed by atoms with van der Waals surface area (Å²) in [7, 11) is 3.14. The first-order valence-electron chi connectivity index (χ1n) is 12.8. The molecule has 2 aliphatic rings. The number of hydrogen-bond acceptors (Lipinski definition) is 4. The monoisotopic (exact) mass is 522 g/mol. The van der Waals surface area contributed by atoms with Crippen molar-refractivity contribution < 1.29 is 18.7 Å². The van der Waals surface area contributed by atoms with E-state index < -0.39 is 5.82 Å². The molecule has 0 spiro atoms. The predicted molar refractivity (Wildman–Crippen MR) is 145 cm³/mol. The Morgan fingerprint density at radius 3 is 2.51 bits per heavy atom. The molecular formula is C30H32ClFN2O3. The van der Waals surface area contributed by atoms with Gasteiger partial charge in [0.1, 0.15) is 5.82 Å². The van der Waals surface area contributed by atoms with Crippen molar-refractivity contribution >= 4 is 23.2 Å². The number of nitrogens with zero attached hydrogens (tertiary/aromatic N) is 2. The fraction of sp³-hybridized carbons (Fsp3) is 0.367. The van der Waals surface area contributed by atoms with E-state index in [-0.39, 0.29) is 10.9 Å². The zero-order valence-electron chi connectivity index (χ0n) is 21.3. The lowest BCUT2D eigenvalue weighted by atomic mass is 10.0. The summed E-state index contributed by atoms with van der Waals surface area (Å²) in [5.41, 5.74) is 2.98. The molecule has 1 saturated carbocycles. The van der Waals surface area contributed by atoms with Gasteiger partial charge in [-0.3, -0.25) is 9.69 Å². The Hall–Kier alpha value is -3.09. The molecular weight excluding hydrogens is 491 g/mol. The third kappa shape index (κ3) is 5.76. The van der Waals surface area contributed by atoms with E-state index in [1.54, 1.807) is 44.6 Å². The van der Waals surface area contributed by atoms with Gasteiger partial charge in [0.25, 0.3) is 5.91 Å². The van der Waals surface area contributed by atoms with Crippen molar-refractivity contribution in [3.63, 3.8) is 0 Å². The Bertz CT molecular complexity index is 1280. The van der Waals surface area contributed by atoms with E-state index in [0.717, 1.165) is 48.7 Å². The number of halogens is 2. The molecule has 3 aromatic carbocycles. The van der Waals surface area contributed by atoms with Gasteiger partial charge in [-0.2, -0.15) is 0 Å². The molecule has 1 aliphatic heterocycles. The number of methoxy groups -OCH3 is 2. The van der Waals surface area contributed by atoms with Gasteiger partial charge >= 0.3 is 0 Å². The molecule has 5 nitrogen and oxygen atoms in total. The lowest BCUT2D eigenvalue weighted by Crippen LogP contribution is -2.44. The summed E-state index contributed by atoms with van der Waals surface area (Å²) in [5.74, 6) is 1.32. The van der Waals surface area contributed by atoms with Crippen molar-refractivity contribution in [2.75, 3.05) is 38.8 Å². The second kappa shape index (κ2) is 11.1. The van der Waals surface area contributed by atoms with Gasteiger partial charge < -0.3 is 14.4 Å². The largest absolute Gasteiger partial charge is 0.493 e. The van der Waals surface area contributed by atoms with Crippen LogP contribution in [0.4, 0.5) is 10.1 Å². The fourth-order valence-electron chi connectivity index (χ4n) is 5.14. The number of carbonyl (C=O) groups is 1. The average Bonchev–Trinajstić information content (AvgIpc) is 3.64. The molecule has 0 N–H and O–H groups in total. The number of carbonyl (C=O) groups excluding carboxylic acids is 1. The Kier molecular flexibility index (Phi) is 7.68. The molecule has 194 valence electrons. The molecule has 1 unspecified atom stereocenters. The van der Waals surface area contributed by atoms with Crippen molar-refractivity contribution in [1.29, 1.82) is 0 Å². The van der Waals surface area contributed by atoms with Crippen LogP contribution in [0.2, 0.25) is 5.02 Å². The maximum Gasteiger partial charge on any atom is 0.258 e. The minimum Gasteiger partial charge on any atom is -0.493 e. The summed E-state index contributed by atoms with van der Waals surface area (Å²) in [6.45, 7) is 2.78. The summed E-state index contributed by atoms with van der Waals surface area (Å²) in [5, 5.41) is 0.0721. The normalized spacial score (nSPS) is 17.6. The third-order valence-corrected chi connectivity index (χ3v) is 7.66. The van der Waals surface area contributed by atoms with E-state index >= 15 is 0 Å². The van der Waals surface area contributed by atoms with Crippen LogP contribution in [-0.4, -0.2) is 50.7 Å². The van der Waals surface area contributed by atoms with Crippen molar-refractivity contribution in [3.8, 4) is 22.6 Å². The Morgan fingerprint density at radius 1 is 1.00 bits per heavy atom. The Morgan fingerprint density at radius 2 is 1.78 bits per heavy atom. The number of amides is 1. The van der Waals surface area contributed by atoms with Crippen LogP contribution < -0.4 is 14.4 Å². The van der Waals surface area contributed by atoms with Gasteiger partial charge in [0.05, 0.1) is 19.2 Å². The average molecular weight is 523 g/mol. The van der Waals surface area contributed by atoms with Crippen molar-refractivity contribution in [1.82, 2.24) is 4.90 Å². The molecule has 37 heavy (non-hydrogen) atoms. The highest BCUT2D eigenvalue weighted by molar-refractivity contribution is 6.31. The number of anilines is 1. The second-order valence-electron chi connectivity index (χ2n) is 9.90. The minimum absolute atomic E-state index is 0.0721. The number of ether oxygens (including phenoxy) is 2.